The second kappa shape index (κ2) is 7.19. The molecular formula is C14H20N4S. The van der Waals surface area contributed by atoms with Crippen molar-refractivity contribution in [2.75, 3.05) is 0 Å². The Balaban J connectivity index is 1.82. The monoisotopic (exact) mass is 276 g/mol. The van der Waals surface area contributed by atoms with E-state index in [0.717, 1.165) is 11.3 Å². The van der Waals surface area contributed by atoms with E-state index in [-0.39, 0.29) is 0 Å². The van der Waals surface area contributed by atoms with Gasteiger partial charge in [0.2, 0.25) is 0 Å². The third kappa shape index (κ3) is 4.59. The van der Waals surface area contributed by atoms with Gasteiger partial charge in [0.25, 0.3) is 0 Å². The minimum Gasteiger partial charge on any atom is -0.359 e. The summed E-state index contributed by atoms with van der Waals surface area (Å²) < 4.78 is 0. The Bertz CT molecular complexity index is 438. The van der Waals surface area contributed by atoms with Crippen LogP contribution in [0.2, 0.25) is 0 Å². The fraction of sp³-hybridized carbons (Fsp3) is 0.500. The van der Waals surface area contributed by atoms with E-state index in [1.165, 1.54) is 32.1 Å². The number of hydrazone groups is 1. The van der Waals surface area contributed by atoms with Crippen LogP contribution >= 0.6 is 12.2 Å². The Hall–Kier alpha value is -1.49. The zero-order chi connectivity index (χ0) is 13.5. The summed E-state index contributed by atoms with van der Waals surface area (Å²) >= 11 is 5.26. The summed E-state index contributed by atoms with van der Waals surface area (Å²) in [7, 11) is 0. The van der Waals surface area contributed by atoms with Crippen LogP contribution in [0.15, 0.2) is 29.6 Å². The van der Waals surface area contributed by atoms with Crippen molar-refractivity contribution >= 4 is 23.0 Å². The highest BCUT2D eigenvalue weighted by atomic mass is 32.1. The molecule has 0 aliphatic heterocycles. The van der Waals surface area contributed by atoms with Gasteiger partial charge in [0.05, 0.1) is 5.71 Å². The van der Waals surface area contributed by atoms with Crippen LogP contribution in [0.5, 0.6) is 0 Å². The third-order valence-corrected chi connectivity index (χ3v) is 3.57. The van der Waals surface area contributed by atoms with Crippen LogP contribution in [-0.4, -0.2) is 21.8 Å². The second-order valence-corrected chi connectivity index (χ2v) is 5.26. The smallest absolute Gasteiger partial charge is 0.187 e. The molecule has 0 atom stereocenters. The SMILES string of the molecule is CC(=NNC(=S)NC1CCCCC1)c1ccncc1. The predicted octanol–water partition coefficient (Wildman–Crippen LogP) is 2.60. The first-order valence-electron chi connectivity index (χ1n) is 6.77. The van der Waals surface area contributed by atoms with Crippen LogP contribution in [0, 0.1) is 0 Å². The van der Waals surface area contributed by atoms with Gasteiger partial charge in [-0.2, -0.15) is 5.10 Å². The van der Waals surface area contributed by atoms with Crippen LogP contribution in [0.1, 0.15) is 44.6 Å². The zero-order valence-electron chi connectivity index (χ0n) is 11.2. The van der Waals surface area contributed by atoms with Crippen molar-refractivity contribution in [3.63, 3.8) is 0 Å². The quantitative estimate of drug-likeness (QED) is 0.506. The molecule has 0 amide bonds. The van der Waals surface area contributed by atoms with E-state index >= 15 is 0 Å². The molecule has 0 saturated heterocycles. The molecule has 4 nitrogen and oxygen atoms in total. The third-order valence-electron chi connectivity index (χ3n) is 3.36. The minimum absolute atomic E-state index is 0.505. The maximum atomic E-state index is 5.26. The van der Waals surface area contributed by atoms with Crippen LogP contribution in [0.4, 0.5) is 0 Å². The normalized spacial score (nSPS) is 17.0. The van der Waals surface area contributed by atoms with Crippen molar-refractivity contribution in [1.29, 1.82) is 0 Å². The maximum Gasteiger partial charge on any atom is 0.187 e. The van der Waals surface area contributed by atoms with Gasteiger partial charge in [-0.1, -0.05) is 19.3 Å². The average Bonchev–Trinajstić information content (AvgIpc) is 2.47. The molecule has 1 fully saturated rings. The first-order valence-corrected chi connectivity index (χ1v) is 7.18. The molecule has 102 valence electrons. The lowest BCUT2D eigenvalue weighted by Gasteiger charge is -2.23. The highest BCUT2D eigenvalue weighted by molar-refractivity contribution is 7.80. The maximum absolute atomic E-state index is 5.26. The molecule has 0 bridgehead atoms. The van der Waals surface area contributed by atoms with Crippen molar-refractivity contribution in [3.8, 4) is 0 Å². The molecule has 0 spiro atoms. The van der Waals surface area contributed by atoms with Gasteiger partial charge < -0.3 is 5.32 Å². The van der Waals surface area contributed by atoms with Gasteiger partial charge in [0, 0.05) is 24.0 Å². The van der Waals surface area contributed by atoms with Gasteiger partial charge in [-0.15, -0.1) is 0 Å². The van der Waals surface area contributed by atoms with E-state index in [1.54, 1.807) is 12.4 Å². The number of aromatic nitrogens is 1. The summed E-state index contributed by atoms with van der Waals surface area (Å²) in [5.41, 5.74) is 4.86. The van der Waals surface area contributed by atoms with E-state index in [4.69, 9.17) is 12.2 Å². The van der Waals surface area contributed by atoms with Gasteiger partial charge in [-0.3, -0.25) is 10.4 Å². The Morgan fingerprint density at radius 3 is 2.63 bits per heavy atom. The summed E-state index contributed by atoms with van der Waals surface area (Å²) in [6, 6.07) is 4.36. The van der Waals surface area contributed by atoms with Crippen molar-refractivity contribution in [3.05, 3.63) is 30.1 Å². The molecule has 1 saturated carbocycles. The van der Waals surface area contributed by atoms with Gasteiger partial charge in [-0.05, 0) is 44.1 Å². The van der Waals surface area contributed by atoms with Crippen LogP contribution in [-0.2, 0) is 0 Å². The number of nitrogens with one attached hydrogen (secondary N) is 2. The van der Waals surface area contributed by atoms with Crippen LogP contribution in [0.25, 0.3) is 0 Å². The molecule has 0 radical (unpaired) electrons. The number of nitrogens with zero attached hydrogens (tertiary/aromatic N) is 2. The summed E-state index contributed by atoms with van der Waals surface area (Å²) in [5, 5.41) is 8.23. The van der Waals surface area contributed by atoms with E-state index in [2.05, 4.69) is 20.8 Å². The summed E-state index contributed by atoms with van der Waals surface area (Å²) in [6.07, 6.45) is 9.85. The topological polar surface area (TPSA) is 49.3 Å². The number of rotatable bonds is 3. The Kier molecular flexibility index (Phi) is 5.27. The van der Waals surface area contributed by atoms with Crippen LogP contribution < -0.4 is 10.7 Å². The van der Waals surface area contributed by atoms with Gasteiger partial charge in [0.1, 0.15) is 0 Å². The first-order chi connectivity index (χ1) is 9.25. The summed E-state index contributed by atoms with van der Waals surface area (Å²) in [4.78, 5) is 3.99. The molecule has 0 aromatic carbocycles. The zero-order valence-corrected chi connectivity index (χ0v) is 12.0. The van der Waals surface area contributed by atoms with Gasteiger partial charge >= 0.3 is 0 Å². The number of hydrogen-bond donors (Lipinski definition) is 2. The number of hydrogen-bond acceptors (Lipinski definition) is 3. The molecule has 1 aromatic heterocycles. The molecule has 1 aliphatic carbocycles. The molecule has 2 N–H and O–H groups in total. The fourth-order valence-electron chi connectivity index (χ4n) is 2.26. The van der Waals surface area contributed by atoms with Crippen molar-refractivity contribution in [2.45, 2.75) is 45.1 Å². The lowest BCUT2D eigenvalue weighted by Crippen LogP contribution is -2.41. The number of thiocarbonyl (C=S) groups is 1. The van der Waals surface area contributed by atoms with Crippen molar-refractivity contribution in [2.24, 2.45) is 5.10 Å². The molecular weight excluding hydrogens is 256 g/mol. The van der Waals surface area contributed by atoms with E-state index in [1.807, 2.05) is 19.1 Å². The van der Waals surface area contributed by atoms with Crippen molar-refractivity contribution < 1.29 is 0 Å². The minimum atomic E-state index is 0.505. The Morgan fingerprint density at radius 2 is 1.95 bits per heavy atom. The fourth-order valence-corrected chi connectivity index (χ4v) is 2.47. The second-order valence-electron chi connectivity index (χ2n) is 4.85. The van der Waals surface area contributed by atoms with E-state index in [9.17, 15) is 0 Å². The lowest BCUT2D eigenvalue weighted by molar-refractivity contribution is 0.412. The molecule has 5 heteroatoms. The molecule has 0 unspecified atom stereocenters. The molecule has 1 aromatic rings. The summed E-state index contributed by atoms with van der Waals surface area (Å²) in [5.74, 6) is 0. The standard InChI is InChI=1S/C14H20N4S/c1-11(12-7-9-15-10-8-12)17-18-14(19)16-13-5-3-2-4-6-13/h7-10,13H,2-6H2,1H3,(H2,16,18,19). The Morgan fingerprint density at radius 1 is 1.26 bits per heavy atom. The lowest BCUT2D eigenvalue weighted by atomic mass is 9.96. The highest BCUT2D eigenvalue weighted by Gasteiger charge is 2.13. The van der Waals surface area contributed by atoms with Gasteiger partial charge in [-0.25, -0.2) is 0 Å². The number of pyridine rings is 1. The average molecular weight is 276 g/mol. The first kappa shape index (κ1) is 13.9. The highest BCUT2D eigenvalue weighted by Crippen LogP contribution is 2.17. The van der Waals surface area contributed by atoms with Gasteiger partial charge in [0.15, 0.2) is 5.11 Å². The van der Waals surface area contributed by atoms with E-state index < -0.39 is 0 Å². The molecule has 1 heterocycles. The molecule has 1 aliphatic rings. The van der Waals surface area contributed by atoms with Crippen LogP contribution in [0.3, 0.4) is 0 Å². The molecule has 2 rings (SSSR count). The molecule has 19 heavy (non-hydrogen) atoms. The van der Waals surface area contributed by atoms with Crippen molar-refractivity contribution in [1.82, 2.24) is 15.7 Å². The summed E-state index contributed by atoms with van der Waals surface area (Å²) in [6.45, 7) is 1.95. The Labute approximate surface area is 119 Å². The predicted molar refractivity (Wildman–Crippen MR) is 82.2 cm³/mol. The van der Waals surface area contributed by atoms with E-state index in [0.29, 0.717) is 11.2 Å². The largest absolute Gasteiger partial charge is 0.359 e.